The minimum Gasteiger partial charge on any atom is -0.267 e. The molecule has 2 aromatic rings. The van der Waals surface area contributed by atoms with E-state index in [0.29, 0.717) is 5.56 Å². The first-order valence-electron chi connectivity index (χ1n) is 5.79. The van der Waals surface area contributed by atoms with Gasteiger partial charge in [-0.05, 0) is 29.8 Å². The standard InChI is InChI=1S/C15H10FN3O/c16-14-4-2-1-3-13(14)15(20)19-18-10-12-7-5-11(9-17)6-8-12/h1-8,10H,(H,19,20)/b18-10-. The minimum atomic E-state index is -0.618. The molecule has 0 fully saturated rings. The lowest BCUT2D eigenvalue weighted by Crippen LogP contribution is -2.18. The van der Waals surface area contributed by atoms with Gasteiger partial charge in [0.25, 0.3) is 5.91 Å². The normalized spacial score (nSPS) is 10.2. The van der Waals surface area contributed by atoms with Crippen molar-refractivity contribution in [3.8, 4) is 6.07 Å². The third kappa shape index (κ3) is 3.27. The summed E-state index contributed by atoms with van der Waals surface area (Å²) in [6.07, 6.45) is 1.42. The van der Waals surface area contributed by atoms with Crippen molar-refractivity contribution in [1.29, 1.82) is 5.26 Å². The van der Waals surface area contributed by atoms with Gasteiger partial charge in [-0.25, -0.2) is 9.82 Å². The van der Waals surface area contributed by atoms with Crippen molar-refractivity contribution in [1.82, 2.24) is 5.43 Å². The monoisotopic (exact) mass is 267 g/mol. The molecule has 0 aromatic heterocycles. The number of hydrazone groups is 1. The highest BCUT2D eigenvalue weighted by molar-refractivity contribution is 5.95. The number of carbonyl (C=O) groups is 1. The summed E-state index contributed by atoms with van der Waals surface area (Å²) < 4.78 is 13.3. The van der Waals surface area contributed by atoms with Gasteiger partial charge in [-0.15, -0.1) is 0 Å². The average molecular weight is 267 g/mol. The van der Waals surface area contributed by atoms with E-state index in [1.54, 1.807) is 30.3 Å². The van der Waals surface area contributed by atoms with Crippen molar-refractivity contribution in [2.24, 2.45) is 5.10 Å². The predicted molar refractivity (Wildman–Crippen MR) is 72.6 cm³/mol. The van der Waals surface area contributed by atoms with Gasteiger partial charge in [0, 0.05) is 0 Å². The lowest BCUT2D eigenvalue weighted by atomic mass is 10.2. The summed E-state index contributed by atoms with van der Waals surface area (Å²) in [4.78, 5) is 11.6. The second-order valence-corrected chi connectivity index (χ2v) is 3.91. The maximum atomic E-state index is 13.3. The van der Waals surface area contributed by atoms with Crippen molar-refractivity contribution in [2.45, 2.75) is 0 Å². The molecule has 0 spiro atoms. The molecule has 0 saturated heterocycles. The summed E-state index contributed by atoms with van der Waals surface area (Å²) in [7, 11) is 0. The van der Waals surface area contributed by atoms with Gasteiger partial charge in [0.1, 0.15) is 5.82 Å². The SMILES string of the molecule is N#Cc1ccc(/C=N\NC(=O)c2ccccc2F)cc1. The molecule has 2 aromatic carbocycles. The van der Waals surface area contributed by atoms with E-state index in [1.165, 1.54) is 24.4 Å². The average Bonchev–Trinajstić information content (AvgIpc) is 2.48. The van der Waals surface area contributed by atoms with Crippen molar-refractivity contribution in [2.75, 3.05) is 0 Å². The van der Waals surface area contributed by atoms with Crippen LogP contribution in [0.15, 0.2) is 53.6 Å². The smallest absolute Gasteiger partial charge is 0.267 e. The lowest BCUT2D eigenvalue weighted by Gasteiger charge is -2.00. The molecular formula is C15H10FN3O. The van der Waals surface area contributed by atoms with Crippen molar-refractivity contribution in [3.05, 3.63) is 71.0 Å². The summed E-state index contributed by atoms with van der Waals surface area (Å²) in [5.41, 5.74) is 3.44. The summed E-state index contributed by atoms with van der Waals surface area (Å²) in [5, 5.41) is 12.4. The quantitative estimate of drug-likeness (QED) is 0.685. The van der Waals surface area contributed by atoms with Crippen molar-refractivity contribution >= 4 is 12.1 Å². The molecule has 0 aliphatic heterocycles. The van der Waals surface area contributed by atoms with Crippen LogP contribution < -0.4 is 5.43 Å². The predicted octanol–water partition coefficient (Wildman–Crippen LogP) is 2.46. The second-order valence-electron chi connectivity index (χ2n) is 3.91. The molecule has 4 nitrogen and oxygen atoms in total. The van der Waals surface area contributed by atoms with Gasteiger partial charge in [0.15, 0.2) is 0 Å². The molecule has 0 radical (unpaired) electrons. The number of halogens is 1. The van der Waals surface area contributed by atoms with Gasteiger partial charge in [0.2, 0.25) is 0 Å². The van der Waals surface area contributed by atoms with Gasteiger partial charge in [-0.3, -0.25) is 4.79 Å². The Hall–Kier alpha value is -3.00. The lowest BCUT2D eigenvalue weighted by molar-refractivity contribution is 0.0951. The van der Waals surface area contributed by atoms with Gasteiger partial charge in [0.05, 0.1) is 23.4 Å². The van der Waals surface area contributed by atoms with Crippen LogP contribution in [0.25, 0.3) is 0 Å². The molecule has 5 heteroatoms. The molecule has 0 aliphatic rings. The first kappa shape index (κ1) is 13.4. The molecule has 1 amide bonds. The molecular weight excluding hydrogens is 257 g/mol. The van der Waals surface area contributed by atoms with E-state index in [-0.39, 0.29) is 5.56 Å². The number of hydrogen-bond donors (Lipinski definition) is 1. The highest BCUT2D eigenvalue weighted by atomic mass is 19.1. The fourth-order valence-electron chi connectivity index (χ4n) is 1.51. The maximum Gasteiger partial charge on any atom is 0.274 e. The van der Waals surface area contributed by atoms with Crippen LogP contribution in [0.2, 0.25) is 0 Å². The Bertz CT molecular complexity index is 687. The summed E-state index contributed by atoms with van der Waals surface area (Å²) in [6, 6.07) is 14.3. The maximum absolute atomic E-state index is 13.3. The van der Waals surface area contributed by atoms with Gasteiger partial charge < -0.3 is 0 Å². The molecule has 0 heterocycles. The summed E-state index contributed by atoms with van der Waals surface area (Å²) >= 11 is 0. The number of nitrogens with zero attached hydrogens (tertiary/aromatic N) is 2. The molecule has 0 aliphatic carbocycles. The minimum absolute atomic E-state index is 0.0653. The highest BCUT2D eigenvalue weighted by Crippen LogP contribution is 2.05. The van der Waals surface area contributed by atoms with E-state index in [9.17, 15) is 9.18 Å². The Balaban J connectivity index is 2.01. The molecule has 0 saturated carbocycles. The Morgan fingerprint density at radius 2 is 1.90 bits per heavy atom. The topological polar surface area (TPSA) is 65.2 Å². The molecule has 20 heavy (non-hydrogen) atoms. The highest BCUT2D eigenvalue weighted by Gasteiger charge is 2.08. The van der Waals surface area contributed by atoms with Crippen LogP contribution in [-0.4, -0.2) is 12.1 Å². The first-order chi connectivity index (χ1) is 9.70. The van der Waals surface area contributed by atoms with E-state index in [0.717, 1.165) is 5.56 Å². The molecule has 0 unspecified atom stereocenters. The largest absolute Gasteiger partial charge is 0.274 e. The zero-order valence-corrected chi connectivity index (χ0v) is 10.4. The fraction of sp³-hybridized carbons (Fsp3) is 0. The number of hydrogen-bond acceptors (Lipinski definition) is 3. The molecule has 2 rings (SSSR count). The zero-order valence-electron chi connectivity index (χ0n) is 10.4. The van der Waals surface area contributed by atoms with Crippen LogP contribution >= 0.6 is 0 Å². The molecule has 98 valence electrons. The van der Waals surface area contributed by atoms with E-state index in [2.05, 4.69) is 10.5 Å². The number of nitrogens with one attached hydrogen (secondary N) is 1. The van der Waals surface area contributed by atoms with E-state index < -0.39 is 11.7 Å². The summed E-state index contributed by atoms with van der Waals surface area (Å²) in [5.74, 6) is -1.22. The van der Waals surface area contributed by atoms with Crippen LogP contribution in [0.1, 0.15) is 21.5 Å². The molecule has 0 bridgehead atoms. The number of carbonyl (C=O) groups excluding carboxylic acids is 1. The number of benzene rings is 2. The van der Waals surface area contributed by atoms with Crippen molar-refractivity contribution < 1.29 is 9.18 Å². The number of rotatable bonds is 3. The Morgan fingerprint density at radius 1 is 1.20 bits per heavy atom. The van der Waals surface area contributed by atoms with Gasteiger partial charge in [-0.1, -0.05) is 24.3 Å². The fourth-order valence-corrected chi connectivity index (χ4v) is 1.51. The first-order valence-corrected chi connectivity index (χ1v) is 5.79. The van der Waals surface area contributed by atoms with Crippen molar-refractivity contribution in [3.63, 3.8) is 0 Å². The van der Waals surface area contributed by atoms with Crippen LogP contribution in [0.3, 0.4) is 0 Å². The Kier molecular flexibility index (Phi) is 4.20. The van der Waals surface area contributed by atoms with Crippen LogP contribution in [0.5, 0.6) is 0 Å². The molecule has 1 N–H and O–H groups in total. The molecule has 0 atom stereocenters. The number of amides is 1. The van der Waals surface area contributed by atoms with Crippen LogP contribution in [-0.2, 0) is 0 Å². The van der Waals surface area contributed by atoms with E-state index in [1.807, 2.05) is 6.07 Å². The van der Waals surface area contributed by atoms with Gasteiger partial charge >= 0.3 is 0 Å². The van der Waals surface area contributed by atoms with Crippen LogP contribution in [0.4, 0.5) is 4.39 Å². The van der Waals surface area contributed by atoms with Crippen LogP contribution in [0, 0.1) is 17.1 Å². The van der Waals surface area contributed by atoms with E-state index in [4.69, 9.17) is 5.26 Å². The zero-order chi connectivity index (χ0) is 14.4. The Morgan fingerprint density at radius 3 is 2.55 bits per heavy atom. The second kappa shape index (κ2) is 6.25. The Labute approximate surface area is 115 Å². The summed E-state index contributed by atoms with van der Waals surface area (Å²) in [6.45, 7) is 0. The third-order valence-corrected chi connectivity index (χ3v) is 2.54. The van der Waals surface area contributed by atoms with Gasteiger partial charge in [-0.2, -0.15) is 10.4 Å². The van der Waals surface area contributed by atoms with E-state index >= 15 is 0 Å². The number of nitriles is 1. The third-order valence-electron chi connectivity index (χ3n) is 2.54.